The molecule has 0 aliphatic carbocycles. The number of hydrogen-bond acceptors (Lipinski definition) is 5. The van der Waals surface area contributed by atoms with Gasteiger partial charge in [-0.2, -0.15) is 0 Å². The maximum absolute atomic E-state index is 12.1. The number of aryl methyl sites for hydroxylation is 1. The average molecular weight is 351 g/mol. The topological polar surface area (TPSA) is 86.1 Å². The minimum Gasteiger partial charge on any atom is -0.459 e. The molecule has 1 amide bonds. The third kappa shape index (κ3) is 4.55. The maximum atomic E-state index is 12.1. The number of rotatable bonds is 4. The van der Waals surface area contributed by atoms with Crippen LogP contribution in [0.25, 0.3) is 5.69 Å². The molecule has 1 aromatic carbocycles. The van der Waals surface area contributed by atoms with Gasteiger partial charge in [-0.05, 0) is 39.8 Å². The van der Waals surface area contributed by atoms with E-state index in [2.05, 4.69) is 15.4 Å². The summed E-state index contributed by atoms with van der Waals surface area (Å²) in [6, 6.07) is 7.10. The van der Waals surface area contributed by atoms with Crippen molar-refractivity contribution in [3.8, 4) is 5.69 Å². The predicted octanol–water partition coefficient (Wildman–Crippen LogP) is 2.30. The maximum Gasteiger partial charge on any atom is 0.325 e. The molecule has 2 aromatic rings. The second-order valence-electron chi connectivity index (χ2n) is 6.11. The van der Waals surface area contributed by atoms with Crippen LogP contribution < -0.4 is 5.32 Å². The summed E-state index contributed by atoms with van der Waals surface area (Å²) in [6.07, 6.45) is 0. The van der Waals surface area contributed by atoms with E-state index in [1.165, 1.54) is 4.68 Å². The number of carbonyl (C=O) groups is 2. The summed E-state index contributed by atoms with van der Waals surface area (Å²) in [5.74, 6) is -0.630. The number of ether oxygens (including phenoxy) is 1. The van der Waals surface area contributed by atoms with Crippen molar-refractivity contribution in [3.63, 3.8) is 0 Å². The van der Waals surface area contributed by atoms with Gasteiger partial charge in [0.25, 0.3) is 5.91 Å². The van der Waals surface area contributed by atoms with Crippen LogP contribution >= 0.6 is 11.6 Å². The van der Waals surface area contributed by atoms with E-state index in [1.807, 2.05) is 6.07 Å². The molecule has 128 valence electrons. The number of carbonyl (C=O) groups excluding carboxylic acids is 2. The first-order valence-electron chi connectivity index (χ1n) is 7.36. The smallest absolute Gasteiger partial charge is 0.325 e. The second kappa shape index (κ2) is 7.00. The Hall–Kier alpha value is -2.41. The average Bonchev–Trinajstić information content (AvgIpc) is 2.85. The normalized spacial score (nSPS) is 11.2. The van der Waals surface area contributed by atoms with E-state index >= 15 is 0 Å². The van der Waals surface area contributed by atoms with E-state index in [0.717, 1.165) is 0 Å². The zero-order chi connectivity index (χ0) is 17.9. The van der Waals surface area contributed by atoms with E-state index in [9.17, 15) is 9.59 Å². The molecule has 8 heteroatoms. The van der Waals surface area contributed by atoms with Crippen molar-refractivity contribution in [1.82, 2.24) is 20.1 Å². The van der Waals surface area contributed by atoms with Gasteiger partial charge in [0.05, 0.1) is 10.7 Å². The van der Waals surface area contributed by atoms with Crippen LogP contribution in [0.2, 0.25) is 5.02 Å². The first-order chi connectivity index (χ1) is 11.2. The number of esters is 1. The first kappa shape index (κ1) is 17.9. The number of hydrogen-bond donors (Lipinski definition) is 1. The fourth-order valence-electron chi connectivity index (χ4n) is 1.95. The van der Waals surface area contributed by atoms with E-state index in [0.29, 0.717) is 16.5 Å². The molecule has 24 heavy (non-hydrogen) atoms. The molecule has 0 radical (unpaired) electrons. The van der Waals surface area contributed by atoms with Crippen LogP contribution in [0.4, 0.5) is 0 Å². The van der Waals surface area contributed by atoms with Crippen molar-refractivity contribution >= 4 is 23.5 Å². The van der Waals surface area contributed by atoms with Gasteiger partial charge in [-0.15, -0.1) is 5.10 Å². The molecule has 1 aromatic heterocycles. The Morgan fingerprint density at radius 3 is 2.58 bits per heavy atom. The molecule has 1 heterocycles. The van der Waals surface area contributed by atoms with Crippen LogP contribution in [0.1, 0.15) is 37.2 Å². The number of nitrogens with zero attached hydrogens (tertiary/aromatic N) is 3. The fraction of sp³-hybridized carbons (Fsp3) is 0.375. The van der Waals surface area contributed by atoms with Crippen LogP contribution in [0.3, 0.4) is 0 Å². The molecular formula is C16H19ClN4O3. The Morgan fingerprint density at radius 1 is 1.29 bits per heavy atom. The Kier molecular flexibility index (Phi) is 5.23. The monoisotopic (exact) mass is 350 g/mol. The molecule has 7 nitrogen and oxygen atoms in total. The van der Waals surface area contributed by atoms with Gasteiger partial charge in [-0.1, -0.05) is 23.7 Å². The minimum absolute atomic E-state index is 0.0454. The summed E-state index contributed by atoms with van der Waals surface area (Å²) in [5.41, 5.74) is 0.0119. The van der Waals surface area contributed by atoms with Crippen molar-refractivity contribution in [2.24, 2.45) is 0 Å². The van der Waals surface area contributed by atoms with Crippen LogP contribution in [-0.4, -0.2) is 38.8 Å². The Balaban J connectivity index is 2.08. The standard InChI is InChI=1S/C16H19ClN4O3/c1-10-19-14(15(23)18-9-13(22)24-16(2,3)4)20-21(10)12-8-6-5-7-11(12)17/h5-8H,9H2,1-4H3,(H,18,23). The number of para-hydroxylation sites is 1. The molecule has 0 fully saturated rings. The van der Waals surface area contributed by atoms with Gasteiger partial charge in [0.15, 0.2) is 0 Å². The molecule has 0 atom stereocenters. The minimum atomic E-state index is -0.609. The highest BCUT2D eigenvalue weighted by atomic mass is 35.5. The SMILES string of the molecule is Cc1nc(C(=O)NCC(=O)OC(C)(C)C)nn1-c1ccccc1Cl. The van der Waals surface area contributed by atoms with Gasteiger partial charge in [-0.25, -0.2) is 9.67 Å². The van der Waals surface area contributed by atoms with Crippen molar-refractivity contribution < 1.29 is 14.3 Å². The second-order valence-corrected chi connectivity index (χ2v) is 6.52. The lowest BCUT2D eigenvalue weighted by Gasteiger charge is -2.19. The molecule has 0 saturated carbocycles. The highest BCUT2D eigenvalue weighted by Gasteiger charge is 2.20. The number of benzene rings is 1. The quantitative estimate of drug-likeness (QED) is 0.855. The van der Waals surface area contributed by atoms with Gasteiger partial charge in [0.2, 0.25) is 5.82 Å². The van der Waals surface area contributed by atoms with Crippen molar-refractivity contribution in [2.75, 3.05) is 6.54 Å². The van der Waals surface area contributed by atoms with Gasteiger partial charge in [-0.3, -0.25) is 9.59 Å². The van der Waals surface area contributed by atoms with Crippen molar-refractivity contribution in [3.05, 3.63) is 40.9 Å². The molecule has 0 aliphatic rings. The zero-order valence-corrected chi connectivity index (χ0v) is 14.7. The molecule has 0 saturated heterocycles. The summed E-state index contributed by atoms with van der Waals surface area (Å²) in [4.78, 5) is 27.8. The van der Waals surface area contributed by atoms with Crippen LogP contribution in [0, 0.1) is 6.92 Å². The Bertz CT molecular complexity index is 765. The first-order valence-corrected chi connectivity index (χ1v) is 7.74. The lowest BCUT2D eigenvalue weighted by atomic mass is 10.2. The van der Waals surface area contributed by atoms with Gasteiger partial charge in [0, 0.05) is 0 Å². The highest BCUT2D eigenvalue weighted by Crippen LogP contribution is 2.20. The van der Waals surface area contributed by atoms with Crippen LogP contribution in [0.5, 0.6) is 0 Å². The highest BCUT2D eigenvalue weighted by molar-refractivity contribution is 6.32. The van der Waals surface area contributed by atoms with E-state index in [4.69, 9.17) is 16.3 Å². The van der Waals surface area contributed by atoms with E-state index in [1.54, 1.807) is 45.9 Å². The molecule has 0 spiro atoms. The van der Waals surface area contributed by atoms with Crippen molar-refractivity contribution in [2.45, 2.75) is 33.3 Å². The third-order valence-electron chi connectivity index (χ3n) is 2.87. The number of amides is 1. The lowest BCUT2D eigenvalue weighted by molar-refractivity contribution is -0.153. The lowest BCUT2D eigenvalue weighted by Crippen LogP contribution is -2.35. The predicted molar refractivity (Wildman–Crippen MR) is 89.3 cm³/mol. The largest absolute Gasteiger partial charge is 0.459 e. The molecule has 1 N–H and O–H groups in total. The summed E-state index contributed by atoms with van der Waals surface area (Å²) >= 11 is 6.13. The summed E-state index contributed by atoms with van der Waals surface area (Å²) < 4.78 is 6.60. The Labute approximate surface area is 145 Å². The van der Waals surface area contributed by atoms with E-state index in [-0.39, 0.29) is 12.4 Å². The van der Waals surface area contributed by atoms with Crippen LogP contribution in [0.15, 0.2) is 24.3 Å². The van der Waals surface area contributed by atoms with Crippen LogP contribution in [-0.2, 0) is 9.53 Å². The van der Waals surface area contributed by atoms with Gasteiger partial charge >= 0.3 is 5.97 Å². The fourth-order valence-corrected chi connectivity index (χ4v) is 2.16. The van der Waals surface area contributed by atoms with E-state index < -0.39 is 17.5 Å². The molecule has 0 bridgehead atoms. The number of aromatic nitrogens is 3. The van der Waals surface area contributed by atoms with Crippen molar-refractivity contribution in [1.29, 1.82) is 0 Å². The number of nitrogens with one attached hydrogen (secondary N) is 1. The summed E-state index contributed by atoms with van der Waals surface area (Å²) in [5, 5.41) is 7.09. The molecule has 0 unspecified atom stereocenters. The Morgan fingerprint density at radius 2 is 1.96 bits per heavy atom. The van der Waals surface area contributed by atoms with Gasteiger partial charge < -0.3 is 10.1 Å². The summed E-state index contributed by atoms with van der Waals surface area (Å²) in [6.45, 7) is 6.71. The molecule has 0 aliphatic heterocycles. The molecular weight excluding hydrogens is 332 g/mol. The third-order valence-corrected chi connectivity index (χ3v) is 3.19. The number of halogens is 1. The summed E-state index contributed by atoms with van der Waals surface area (Å²) in [7, 11) is 0. The van der Waals surface area contributed by atoms with Gasteiger partial charge in [0.1, 0.15) is 18.0 Å². The zero-order valence-electron chi connectivity index (χ0n) is 14.0. The molecule has 2 rings (SSSR count).